The lowest BCUT2D eigenvalue weighted by Gasteiger charge is -2.29. The number of halogens is 2. The van der Waals surface area contributed by atoms with Crippen molar-refractivity contribution in [3.63, 3.8) is 0 Å². The minimum absolute atomic E-state index is 0.223. The standard InChI is InChI=1S/C20H26Cl2NO4P/c1-5-14-9-8-10-16(11-14)23-20(28(24,26-6-2)27-7-3)17-12-15(21)13-18(22)19(17)25-4/h8-13,20,23H,5-7H2,1-4H3/t20-/m0/s1. The zero-order valence-corrected chi connectivity index (χ0v) is 18.9. The van der Waals surface area contributed by atoms with Gasteiger partial charge in [0.25, 0.3) is 0 Å². The molecule has 0 amide bonds. The Morgan fingerprint density at radius 3 is 2.32 bits per heavy atom. The number of benzene rings is 2. The summed E-state index contributed by atoms with van der Waals surface area (Å²) in [5.41, 5.74) is 2.43. The first kappa shape index (κ1) is 23.1. The highest BCUT2D eigenvalue weighted by atomic mass is 35.5. The lowest BCUT2D eigenvalue weighted by atomic mass is 10.1. The van der Waals surface area contributed by atoms with E-state index in [-0.39, 0.29) is 13.2 Å². The quantitative estimate of drug-likeness (QED) is 0.401. The fourth-order valence-electron chi connectivity index (χ4n) is 2.91. The number of anilines is 1. The number of nitrogens with one attached hydrogen (secondary N) is 1. The van der Waals surface area contributed by atoms with Gasteiger partial charge in [-0.2, -0.15) is 0 Å². The maximum absolute atomic E-state index is 13.7. The van der Waals surface area contributed by atoms with Gasteiger partial charge in [-0.05, 0) is 50.1 Å². The SMILES string of the molecule is CCOP(=O)(OCC)[C@H](Nc1cccc(CC)c1)c1cc(Cl)cc(Cl)c1OC. The van der Waals surface area contributed by atoms with Gasteiger partial charge in [-0.25, -0.2) is 0 Å². The van der Waals surface area contributed by atoms with Crippen molar-refractivity contribution in [1.29, 1.82) is 0 Å². The Labute approximate surface area is 176 Å². The Bertz CT molecular complexity index is 837. The van der Waals surface area contributed by atoms with E-state index in [0.29, 0.717) is 21.4 Å². The van der Waals surface area contributed by atoms with Crippen LogP contribution in [0.3, 0.4) is 0 Å². The van der Waals surface area contributed by atoms with Gasteiger partial charge in [0, 0.05) is 16.3 Å². The van der Waals surface area contributed by atoms with E-state index in [0.717, 1.165) is 17.7 Å². The fraction of sp³-hybridized carbons (Fsp3) is 0.400. The number of methoxy groups -OCH3 is 1. The Kier molecular flexibility index (Phi) is 8.66. The number of rotatable bonds is 10. The van der Waals surface area contributed by atoms with Crippen molar-refractivity contribution in [3.05, 3.63) is 57.6 Å². The summed E-state index contributed by atoms with van der Waals surface area (Å²) in [4.78, 5) is 0. The summed E-state index contributed by atoms with van der Waals surface area (Å²) in [6.07, 6.45) is 0.876. The molecular formula is C20H26Cl2NO4P. The molecule has 1 atom stereocenters. The van der Waals surface area contributed by atoms with Gasteiger partial charge < -0.3 is 19.1 Å². The first-order valence-electron chi connectivity index (χ1n) is 9.15. The summed E-state index contributed by atoms with van der Waals surface area (Å²) in [6.45, 7) is 6.05. The Morgan fingerprint density at radius 1 is 1.07 bits per heavy atom. The van der Waals surface area contributed by atoms with Crippen LogP contribution >= 0.6 is 30.8 Å². The number of aryl methyl sites for hydroxylation is 1. The third-order valence-electron chi connectivity index (χ3n) is 4.11. The van der Waals surface area contributed by atoms with Crippen LogP contribution in [0.2, 0.25) is 10.0 Å². The zero-order chi connectivity index (χ0) is 20.7. The van der Waals surface area contributed by atoms with Crippen molar-refractivity contribution in [2.45, 2.75) is 33.0 Å². The molecule has 1 N–H and O–H groups in total. The van der Waals surface area contributed by atoms with E-state index < -0.39 is 13.4 Å². The molecular weight excluding hydrogens is 420 g/mol. The summed E-state index contributed by atoms with van der Waals surface area (Å²) in [6, 6.07) is 11.1. The van der Waals surface area contributed by atoms with Crippen molar-refractivity contribution in [2.24, 2.45) is 0 Å². The minimum Gasteiger partial charge on any atom is -0.495 e. The van der Waals surface area contributed by atoms with Crippen molar-refractivity contribution in [3.8, 4) is 5.75 Å². The molecule has 154 valence electrons. The third kappa shape index (κ3) is 5.43. The molecule has 28 heavy (non-hydrogen) atoms. The van der Waals surface area contributed by atoms with Crippen LogP contribution in [0.15, 0.2) is 36.4 Å². The molecule has 0 saturated heterocycles. The van der Waals surface area contributed by atoms with Crippen molar-refractivity contribution in [1.82, 2.24) is 0 Å². The normalized spacial score (nSPS) is 12.6. The van der Waals surface area contributed by atoms with E-state index in [2.05, 4.69) is 12.2 Å². The molecule has 0 aromatic heterocycles. The number of hydrogen-bond acceptors (Lipinski definition) is 5. The van der Waals surface area contributed by atoms with Gasteiger partial charge in [0.2, 0.25) is 0 Å². The van der Waals surface area contributed by atoms with Gasteiger partial charge in [0.15, 0.2) is 5.78 Å². The van der Waals surface area contributed by atoms with E-state index in [4.69, 9.17) is 37.0 Å². The van der Waals surface area contributed by atoms with E-state index in [1.807, 2.05) is 24.3 Å². The van der Waals surface area contributed by atoms with Crippen LogP contribution in [-0.4, -0.2) is 20.3 Å². The van der Waals surface area contributed by atoms with E-state index in [9.17, 15) is 4.57 Å². The molecule has 2 aromatic carbocycles. The van der Waals surface area contributed by atoms with Crippen molar-refractivity contribution < 1.29 is 18.3 Å². The van der Waals surface area contributed by atoms with Crippen LogP contribution < -0.4 is 10.1 Å². The van der Waals surface area contributed by atoms with Crippen LogP contribution in [0, 0.1) is 0 Å². The molecule has 0 fully saturated rings. The van der Waals surface area contributed by atoms with E-state index in [1.54, 1.807) is 26.0 Å². The van der Waals surface area contributed by atoms with E-state index in [1.165, 1.54) is 7.11 Å². The average Bonchev–Trinajstić information content (AvgIpc) is 2.66. The average molecular weight is 446 g/mol. The molecule has 0 spiro atoms. The molecule has 5 nitrogen and oxygen atoms in total. The highest BCUT2D eigenvalue weighted by Crippen LogP contribution is 2.62. The summed E-state index contributed by atoms with van der Waals surface area (Å²) in [5, 5.41) is 4.01. The highest BCUT2D eigenvalue weighted by molar-refractivity contribution is 7.54. The molecule has 0 aliphatic carbocycles. The topological polar surface area (TPSA) is 56.8 Å². The second-order valence-corrected chi connectivity index (χ2v) is 8.94. The summed E-state index contributed by atoms with van der Waals surface area (Å²) < 4.78 is 30.4. The van der Waals surface area contributed by atoms with Gasteiger partial charge in [-0.15, -0.1) is 0 Å². The van der Waals surface area contributed by atoms with Crippen LogP contribution in [0.1, 0.15) is 37.7 Å². The molecule has 0 heterocycles. The molecule has 0 aliphatic heterocycles. The monoisotopic (exact) mass is 445 g/mol. The van der Waals surface area contributed by atoms with Crippen molar-refractivity contribution in [2.75, 3.05) is 25.6 Å². The third-order valence-corrected chi connectivity index (χ3v) is 6.88. The van der Waals surface area contributed by atoms with Crippen LogP contribution in [-0.2, 0) is 20.0 Å². The van der Waals surface area contributed by atoms with Crippen molar-refractivity contribution >= 4 is 36.5 Å². The Hall–Kier alpha value is -1.23. The Morgan fingerprint density at radius 2 is 1.75 bits per heavy atom. The maximum Gasteiger partial charge on any atom is 0.357 e. The van der Waals surface area contributed by atoms with Gasteiger partial charge >= 0.3 is 7.60 Å². The largest absolute Gasteiger partial charge is 0.495 e. The van der Waals surface area contributed by atoms with Crippen LogP contribution in [0.5, 0.6) is 5.75 Å². The summed E-state index contributed by atoms with van der Waals surface area (Å²) in [5.74, 6) is -0.486. The molecule has 2 aromatic rings. The molecule has 2 rings (SSSR count). The summed E-state index contributed by atoms with van der Waals surface area (Å²) in [7, 11) is -2.13. The molecule has 0 radical (unpaired) electrons. The lowest BCUT2D eigenvalue weighted by molar-refractivity contribution is 0.213. The van der Waals surface area contributed by atoms with Gasteiger partial charge in [-0.1, -0.05) is 42.3 Å². The molecule has 0 bridgehead atoms. The molecule has 8 heteroatoms. The Balaban J connectivity index is 2.63. The second-order valence-electron chi connectivity index (χ2n) is 5.99. The van der Waals surface area contributed by atoms with Crippen LogP contribution in [0.4, 0.5) is 5.69 Å². The predicted octanol–water partition coefficient (Wildman–Crippen LogP) is 6.94. The fourth-order valence-corrected chi connectivity index (χ4v) is 5.43. The lowest BCUT2D eigenvalue weighted by Crippen LogP contribution is -2.16. The first-order chi connectivity index (χ1) is 13.4. The van der Waals surface area contributed by atoms with Gasteiger partial charge in [0.05, 0.1) is 25.3 Å². The number of hydrogen-bond donors (Lipinski definition) is 1. The van der Waals surface area contributed by atoms with E-state index >= 15 is 0 Å². The number of ether oxygens (including phenoxy) is 1. The highest BCUT2D eigenvalue weighted by Gasteiger charge is 2.39. The molecule has 0 aliphatic rings. The second kappa shape index (κ2) is 10.5. The van der Waals surface area contributed by atoms with Gasteiger partial charge in [-0.3, -0.25) is 4.57 Å². The maximum atomic E-state index is 13.7. The van der Waals surface area contributed by atoms with Gasteiger partial charge in [0.1, 0.15) is 5.75 Å². The minimum atomic E-state index is -3.63. The predicted molar refractivity (Wildman–Crippen MR) is 116 cm³/mol. The molecule has 0 unspecified atom stereocenters. The van der Waals surface area contributed by atoms with Crippen LogP contribution in [0.25, 0.3) is 0 Å². The first-order valence-corrected chi connectivity index (χ1v) is 11.5. The summed E-state index contributed by atoms with van der Waals surface area (Å²) >= 11 is 12.6. The molecule has 0 saturated carbocycles. The zero-order valence-electron chi connectivity index (χ0n) is 16.5. The smallest absolute Gasteiger partial charge is 0.357 e.